The third-order valence-electron chi connectivity index (χ3n) is 2.16. The van der Waals surface area contributed by atoms with E-state index in [1.165, 1.54) is 0 Å². The molecule has 1 amide bonds. The van der Waals surface area contributed by atoms with Crippen molar-refractivity contribution in [3.05, 3.63) is 35.4 Å². The van der Waals surface area contributed by atoms with Crippen LogP contribution in [0.2, 0.25) is 0 Å². The van der Waals surface area contributed by atoms with Crippen LogP contribution >= 0.6 is 0 Å². The van der Waals surface area contributed by atoms with Crippen LogP contribution in [-0.4, -0.2) is 12.2 Å². The van der Waals surface area contributed by atoms with Crippen LogP contribution < -0.4 is 5.73 Å². The molecular weight excluding hydrogens is 178 g/mol. The Balaban J connectivity index is 2.93. The number of carbonyl (C=O) groups excluding carboxylic acids is 2. The molecule has 74 valence electrons. The van der Waals surface area contributed by atoms with Crippen molar-refractivity contribution in [1.82, 2.24) is 0 Å². The van der Waals surface area contributed by atoms with Crippen molar-refractivity contribution in [3.8, 4) is 0 Å². The Morgan fingerprint density at radius 2 is 2.00 bits per heavy atom. The van der Waals surface area contributed by atoms with Crippen molar-refractivity contribution in [3.63, 3.8) is 0 Å². The second kappa shape index (κ2) is 4.56. The van der Waals surface area contributed by atoms with Crippen molar-refractivity contribution in [1.29, 1.82) is 0 Å². The lowest BCUT2D eigenvalue weighted by atomic mass is 9.95. The number of aryl methyl sites for hydroxylation is 1. The van der Waals surface area contributed by atoms with Gasteiger partial charge in [0.1, 0.15) is 6.29 Å². The molecule has 2 N–H and O–H groups in total. The fourth-order valence-corrected chi connectivity index (χ4v) is 1.31. The van der Waals surface area contributed by atoms with E-state index in [0.717, 1.165) is 17.4 Å². The lowest BCUT2D eigenvalue weighted by Crippen LogP contribution is -2.21. The Morgan fingerprint density at radius 3 is 2.43 bits per heavy atom. The molecule has 0 heterocycles. The molecule has 0 bridgehead atoms. The van der Waals surface area contributed by atoms with Crippen LogP contribution in [0.5, 0.6) is 0 Å². The molecule has 1 aromatic carbocycles. The first kappa shape index (κ1) is 10.4. The molecule has 0 spiro atoms. The van der Waals surface area contributed by atoms with Crippen LogP contribution in [0.15, 0.2) is 24.3 Å². The number of amides is 1. The van der Waals surface area contributed by atoms with Gasteiger partial charge in [0.15, 0.2) is 0 Å². The number of aldehydes is 1. The highest BCUT2D eigenvalue weighted by atomic mass is 16.1. The first-order chi connectivity index (χ1) is 6.65. The van der Waals surface area contributed by atoms with Crippen LogP contribution in [0, 0.1) is 6.92 Å². The highest BCUT2D eigenvalue weighted by Crippen LogP contribution is 2.18. The minimum absolute atomic E-state index is 0.151. The second-order valence-electron chi connectivity index (χ2n) is 3.27. The fraction of sp³-hybridized carbons (Fsp3) is 0.273. The van der Waals surface area contributed by atoms with Gasteiger partial charge in [-0.3, -0.25) is 4.79 Å². The van der Waals surface area contributed by atoms with E-state index < -0.39 is 11.8 Å². The number of carbonyl (C=O) groups is 2. The number of hydrogen-bond acceptors (Lipinski definition) is 2. The topological polar surface area (TPSA) is 60.2 Å². The summed E-state index contributed by atoms with van der Waals surface area (Å²) in [4.78, 5) is 21.4. The molecule has 0 aromatic heterocycles. The Hall–Kier alpha value is -1.64. The predicted molar refractivity (Wildman–Crippen MR) is 53.8 cm³/mol. The SMILES string of the molecule is Cc1ccc(C(CC=O)C(N)=O)cc1. The molecule has 0 aliphatic rings. The first-order valence-electron chi connectivity index (χ1n) is 4.44. The molecule has 0 radical (unpaired) electrons. The van der Waals surface area contributed by atoms with Crippen LogP contribution in [0.25, 0.3) is 0 Å². The predicted octanol–water partition coefficient (Wildman–Crippen LogP) is 1.15. The minimum Gasteiger partial charge on any atom is -0.369 e. The summed E-state index contributed by atoms with van der Waals surface area (Å²) < 4.78 is 0. The molecule has 0 aliphatic heterocycles. The summed E-state index contributed by atoms with van der Waals surface area (Å²) in [6.07, 6.45) is 0.869. The average molecular weight is 191 g/mol. The van der Waals surface area contributed by atoms with Gasteiger partial charge in [0.25, 0.3) is 0 Å². The maximum Gasteiger partial charge on any atom is 0.225 e. The lowest BCUT2D eigenvalue weighted by molar-refractivity contribution is -0.121. The molecule has 1 atom stereocenters. The van der Waals surface area contributed by atoms with E-state index in [1.807, 2.05) is 31.2 Å². The highest BCUT2D eigenvalue weighted by molar-refractivity contribution is 5.84. The summed E-state index contributed by atoms with van der Waals surface area (Å²) in [6.45, 7) is 1.96. The highest BCUT2D eigenvalue weighted by Gasteiger charge is 2.16. The standard InChI is InChI=1S/C11H13NO2/c1-8-2-4-9(5-3-8)10(6-7-13)11(12)14/h2-5,7,10H,6H2,1H3,(H2,12,14). The van der Waals surface area contributed by atoms with Gasteiger partial charge in [-0.05, 0) is 12.5 Å². The van der Waals surface area contributed by atoms with Gasteiger partial charge in [-0.2, -0.15) is 0 Å². The normalized spacial score (nSPS) is 12.1. The number of nitrogens with two attached hydrogens (primary N) is 1. The molecule has 3 nitrogen and oxygen atoms in total. The van der Waals surface area contributed by atoms with Crippen LogP contribution in [0.1, 0.15) is 23.5 Å². The van der Waals surface area contributed by atoms with E-state index in [1.54, 1.807) is 0 Å². The van der Waals surface area contributed by atoms with Crippen molar-refractivity contribution >= 4 is 12.2 Å². The number of rotatable bonds is 4. The van der Waals surface area contributed by atoms with Gasteiger partial charge in [0, 0.05) is 6.42 Å². The summed E-state index contributed by atoms with van der Waals surface area (Å²) in [5.74, 6) is -0.950. The Labute approximate surface area is 82.9 Å². The van der Waals surface area contributed by atoms with Gasteiger partial charge in [0.05, 0.1) is 5.92 Å². The summed E-state index contributed by atoms with van der Waals surface area (Å²) in [5, 5.41) is 0. The van der Waals surface area contributed by atoms with E-state index in [9.17, 15) is 9.59 Å². The number of primary amides is 1. The maximum atomic E-state index is 11.0. The maximum absolute atomic E-state index is 11.0. The van der Waals surface area contributed by atoms with Gasteiger partial charge in [0.2, 0.25) is 5.91 Å². The molecule has 0 aliphatic carbocycles. The number of benzene rings is 1. The van der Waals surface area contributed by atoms with Gasteiger partial charge >= 0.3 is 0 Å². The molecule has 1 unspecified atom stereocenters. The third kappa shape index (κ3) is 2.42. The quantitative estimate of drug-likeness (QED) is 0.726. The Kier molecular flexibility index (Phi) is 3.40. The fourth-order valence-electron chi connectivity index (χ4n) is 1.31. The molecule has 1 rings (SSSR count). The zero-order chi connectivity index (χ0) is 10.6. The smallest absolute Gasteiger partial charge is 0.225 e. The van der Waals surface area contributed by atoms with E-state index in [-0.39, 0.29) is 6.42 Å². The zero-order valence-corrected chi connectivity index (χ0v) is 8.07. The Bertz CT molecular complexity index is 330. The first-order valence-corrected chi connectivity index (χ1v) is 4.44. The summed E-state index contributed by atoms with van der Waals surface area (Å²) >= 11 is 0. The lowest BCUT2D eigenvalue weighted by Gasteiger charge is -2.10. The van der Waals surface area contributed by atoms with Crippen molar-refractivity contribution < 1.29 is 9.59 Å². The van der Waals surface area contributed by atoms with Crippen molar-refractivity contribution in [2.75, 3.05) is 0 Å². The molecule has 14 heavy (non-hydrogen) atoms. The molecule has 3 heteroatoms. The van der Waals surface area contributed by atoms with E-state index in [4.69, 9.17) is 5.73 Å². The number of hydrogen-bond donors (Lipinski definition) is 1. The Morgan fingerprint density at radius 1 is 1.43 bits per heavy atom. The molecule has 0 fully saturated rings. The largest absolute Gasteiger partial charge is 0.369 e. The third-order valence-corrected chi connectivity index (χ3v) is 2.16. The van der Waals surface area contributed by atoms with Gasteiger partial charge in [-0.1, -0.05) is 29.8 Å². The molecule has 1 aromatic rings. The zero-order valence-electron chi connectivity index (χ0n) is 8.07. The van der Waals surface area contributed by atoms with Crippen molar-refractivity contribution in [2.45, 2.75) is 19.3 Å². The minimum atomic E-state index is -0.493. The molecular formula is C11H13NO2. The van der Waals surface area contributed by atoms with Gasteiger partial charge in [-0.25, -0.2) is 0 Å². The second-order valence-corrected chi connectivity index (χ2v) is 3.27. The molecule has 0 saturated carbocycles. The van der Waals surface area contributed by atoms with Gasteiger partial charge in [-0.15, -0.1) is 0 Å². The van der Waals surface area contributed by atoms with E-state index >= 15 is 0 Å². The monoisotopic (exact) mass is 191 g/mol. The molecule has 0 saturated heterocycles. The van der Waals surface area contributed by atoms with Gasteiger partial charge < -0.3 is 10.5 Å². The van der Waals surface area contributed by atoms with Crippen molar-refractivity contribution in [2.24, 2.45) is 5.73 Å². The van der Waals surface area contributed by atoms with Crippen LogP contribution in [0.4, 0.5) is 0 Å². The summed E-state index contributed by atoms with van der Waals surface area (Å²) in [6, 6.07) is 7.45. The van der Waals surface area contributed by atoms with E-state index in [2.05, 4.69) is 0 Å². The summed E-state index contributed by atoms with van der Waals surface area (Å²) in [7, 11) is 0. The average Bonchev–Trinajstić information content (AvgIpc) is 2.15. The summed E-state index contributed by atoms with van der Waals surface area (Å²) in [5.41, 5.74) is 7.11. The van der Waals surface area contributed by atoms with Crippen LogP contribution in [-0.2, 0) is 9.59 Å². The van der Waals surface area contributed by atoms with E-state index in [0.29, 0.717) is 0 Å². The van der Waals surface area contributed by atoms with Crippen LogP contribution in [0.3, 0.4) is 0 Å².